The molecular formula is C12H21NO3. The summed E-state index contributed by atoms with van der Waals surface area (Å²) in [5.41, 5.74) is -0.793. The van der Waals surface area contributed by atoms with Gasteiger partial charge in [0.05, 0.1) is 17.7 Å². The third-order valence-electron chi connectivity index (χ3n) is 3.50. The van der Waals surface area contributed by atoms with Gasteiger partial charge in [-0.2, -0.15) is 0 Å². The Morgan fingerprint density at radius 2 is 1.88 bits per heavy atom. The zero-order valence-electron chi connectivity index (χ0n) is 10.6. The molecule has 4 heteroatoms. The number of ether oxygens (including phenoxy) is 2. The normalized spacial score (nSPS) is 31.5. The summed E-state index contributed by atoms with van der Waals surface area (Å²) in [7, 11) is 0. The molecule has 0 radical (unpaired) electrons. The lowest BCUT2D eigenvalue weighted by Crippen LogP contribution is -2.60. The molecule has 0 bridgehead atoms. The van der Waals surface area contributed by atoms with Crippen LogP contribution in [0.25, 0.3) is 0 Å². The van der Waals surface area contributed by atoms with Crippen LogP contribution in [-0.4, -0.2) is 29.4 Å². The predicted octanol–water partition coefficient (Wildman–Crippen LogP) is 2.22. The Bertz CT molecular complexity index is 298. The maximum atomic E-state index is 11.7. The lowest BCUT2D eigenvalue weighted by atomic mass is 9.86. The molecule has 2 aliphatic rings. The minimum absolute atomic E-state index is 0.173. The predicted molar refractivity (Wildman–Crippen MR) is 60.3 cm³/mol. The largest absolute Gasteiger partial charge is 0.444 e. The summed E-state index contributed by atoms with van der Waals surface area (Å²) in [5.74, 6) is 0. The number of hydrogen-bond donors (Lipinski definition) is 1. The first-order chi connectivity index (χ1) is 7.27. The van der Waals surface area contributed by atoms with Gasteiger partial charge in [-0.1, -0.05) is 0 Å². The number of carbonyl (C=O) groups excluding carboxylic acids is 1. The maximum Gasteiger partial charge on any atom is 0.408 e. The van der Waals surface area contributed by atoms with E-state index in [9.17, 15) is 4.79 Å². The molecule has 1 saturated heterocycles. The van der Waals surface area contributed by atoms with Crippen molar-refractivity contribution in [3.05, 3.63) is 0 Å². The van der Waals surface area contributed by atoms with Crippen LogP contribution in [0.15, 0.2) is 0 Å². The second-order valence-corrected chi connectivity index (χ2v) is 6.04. The maximum absolute atomic E-state index is 11.7. The summed E-state index contributed by atoms with van der Waals surface area (Å²) in [6.07, 6.45) is 2.66. The fourth-order valence-electron chi connectivity index (χ4n) is 2.20. The van der Waals surface area contributed by atoms with E-state index in [0.29, 0.717) is 0 Å². The van der Waals surface area contributed by atoms with Crippen LogP contribution in [-0.2, 0) is 9.47 Å². The summed E-state index contributed by atoms with van der Waals surface area (Å²) < 4.78 is 10.9. The van der Waals surface area contributed by atoms with Crippen molar-refractivity contribution in [1.29, 1.82) is 0 Å². The highest BCUT2D eigenvalue weighted by Gasteiger charge is 2.62. The standard InChI is InChI=1S/C12H21NO3/c1-10(2,3)16-9(14)13-12(5-6-12)11(4)7-8-15-11/h5-8H2,1-4H3,(H,13,14). The van der Waals surface area contributed by atoms with Gasteiger partial charge < -0.3 is 14.8 Å². The molecule has 1 atom stereocenters. The Balaban J connectivity index is 1.92. The molecule has 1 N–H and O–H groups in total. The van der Waals surface area contributed by atoms with E-state index in [-0.39, 0.29) is 17.2 Å². The molecule has 92 valence electrons. The van der Waals surface area contributed by atoms with Gasteiger partial charge in [0.2, 0.25) is 0 Å². The topological polar surface area (TPSA) is 47.6 Å². The van der Waals surface area contributed by atoms with Crippen molar-refractivity contribution in [1.82, 2.24) is 5.32 Å². The zero-order chi connectivity index (χ0) is 12.0. The van der Waals surface area contributed by atoms with Crippen LogP contribution in [0, 0.1) is 0 Å². The molecular weight excluding hydrogens is 206 g/mol. The Kier molecular flexibility index (Phi) is 2.46. The summed E-state index contributed by atoms with van der Waals surface area (Å²) in [4.78, 5) is 11.7. The molecule has 0 aromatic rings. The molecule has 1 heterocycles. The average Bonchev–Trinajstić information content (AvgIpc) is 2.77. The molecule has 0 aromatic carbocycles. The first-order valence-electron chi connectivity index (χ1n) is 5.92. The minimum atomic E-state index is -0.443. The SMILES string of the molecule is CC(C)(C)OC(=O)NC1(C2(C)CCO2)CC1. The van der Waals surface area contributed by atoms with Crippen LogP contribution < -0.4 is 5.32 Å². The fourth-order valence-corrected chi connectivity index (χ4v) is 2.20. The number of nitrogens with one attached hydrogen (secondary N) is 1. The summed E-state index contributed by atoms with van der Waals surface area (Å²) in [5, 5.41) is 2.98. The molecule has 2 rings (SSSR count). The van der Waals surface area contributed by atoms with Gasteiger partial charge in [0.15, 0.2) is 0 Å². The highest BCUT2D eigenvalue weighted by atomic mass is 16.6. The number of rotatable bonds is 2. The summed E-state index contributed by atoms with van der Waals surface area (Å²) >= 11 is 0. The van der Waals surface area contributed by atoms with Crippen molar-refractivity contribution in [2.45, 2.75) is 63.7 Å². The smallest absolute Gasteiger partial charge is 0.408 e. The van der Waals surface area contributed by atoms with Gasteiger partial charge in [0.25, 0.3) is 0 Å². The third-order valence-corrected chi connectivity index (χ3v) is 3.50. The van der Waals surface area contributed by atoms with E-state index >= 15 is 0 Å². The van der Waals surface area contributed by atoms with Crippen LogP contribution >= 0.6 is 0 Å². The van der Waals surface area contributed by atoms with E-state index in [2.05, 4.69) is 12.2 Å². The second kappa shape index (κ2) is 3.36. The van der Waals surface area contributed by atoms with Crippen molar-refractivity contribution in [3.63, 3.8) is 0 Å². The first-order valence-corrected chi connectivity index (χ1v) is 5.92. The minimum Gasteiger partial charge on any atom is -0.444 e. The molecule has 0 spiro atoms. The van der Waals surface area contributed by atoms with Crippen LogP contribution in [0.5, 0.6) is 0 Å². The molecule has 1 saturated carbocycles. The van der Waals surface area contributed by atoms with Crippen molar-refractivity contribution >= 4 is 6.09 Å². The first kappa shape index (κ1) is 11.7. The van der Waals surface area contributed by atoms with E-state index < -0.39 is 5.60 Å². The van der Waals surface area contributed by atoms with Crippen molar-refractivity contribution in [2.24, 2.45) is 0 Å². The van der Waals surface area contributed by atoms with Gasteiger partial charge in [-0.15, -0.1) is 0 Å². The van der Waals surface area contributed by atoms with E-state index in [1.807, 2.05) is 20.8 Å². The van der Waals surface area contributed by atoms with E-state index in [1.165, 1.54) is 0 Å². The molecule has 1 aliphatic carbocycles. The summed E-state index contributed by atoms with van der Waals surface area (Å²) in [6.45, 7) is 8.48. The molecule has 1 unspecified atom stereocenters. The highest BCUT2D eigenvalue weighted by molar-refractivity contribution is 5.70. The van der Waals surface area contributed by atoms with E-state index in [4.69, 9.17) is 9.47 Å². The van der Waals surface area contributed by atoms with Gasteiger partial charge in [-0.25, -0.2) is 4.79 Å². The molecule has 2 fully saturated rings. The van der Waals surface area contributed by atoms with E-state index in [0.717, 1.165) is 25.9 Å². The lowest BCUT2D eigenvalue weighted by molar-refractivity contribution is -0.161. The number of carbonyl (C=O) groups is 1. The number of alkyl carbamates (subject to hydrolysis) is 1. The van der Waals surface area contributed by atoms with Gasteiger partial charge in [-0.3, -0.25) is 0 Å². The molecule has 1 aliphatic heterocycles. The zero-order valence-corrected chi connectivity index (χ0v) is 10.6. The molecule has 4 nitrogen and oxygen atoms in total. The quantitative estimate of drug-likeness (QED) is 0.787. The van der Waals surface area contributed by atoms with Crippen molar-refractivity contribution < 1.29 is 14.3 Å². The van der Waals surface area contributed by atoms with Crippen LogP contribution in [0.2, 0.25) is 0 Å². The van der Waals surface area contributed by atoms with Gasteiger partial charge >= 0.3 is 6.09 Å². The van der Waals surface area contributed by atoms with Gasteiger partial charge in [0, 0.05) is 6.42 Å². The Morgan fingerprint density at radius 3 is 2.19 bits per heavy atom. The molecule has 16 heavy (non-hydrogen) atoms. The van der Waals surface area contributed by atoms with E-state index in [1.54, 1.807) is 0 Å². The Labute approximate surface area is 96.7 Å². The van der Waals surface area contributed by atoms with Crippen LogP contribution in [0.4, 0.5) is 4.79 Å². The fraction of sp³-hybridized carbons (Fsp3) is 0.917. The second-order valence-electron chi connectivity index (χ2n) is 6.04. The van der Waals surface area contributed by atoms with Crippen LogP contribution in [0.1, 0.15) is 47.0 Å². The Hall–Kier alpha value is -0.770. The monoisotopic (exact) mass is 227 g/mol. The third kappa shape index (κ3) is 2.03. The molecule has 0 aromatic heterocycles. The Morgan fingerprint density at radius 1 is 1.31 bits per heavy atom. The summed E-state index contributed by atoms with van der Waals surface area (Å²) in [6, 6.07) is 0. The lowest BCUT2D eigenvalue weighted by Gasteiger charge is -2.45. The average molecular weight is 227 g/mol. The van der Waals surface area contributed by atoms with Gasteiger partial charge in [-0.05, 0) is 40.5 Å². The number of hydrogen-bond acceptors (Lipinski definition) is 3. The van der Waals surface area contributed by atoms with Crippen molar-refractivity contribution in [2.75, 3.05) is 6.61 Å². The van der Waals surface area contributed by atoms with Crippen molar-refractivity contribution in [3.8, 4) is 0 Å². The van der Waals surface area contributed by atoms with Crippen LogP contribution in [0.3, 0.4) is 0 Å². The molecule has 1 amide bonds. The number of amides is 1. The highest BCUT2D eigenvalue weighted by Crippen LogP contribution is 2.51. The van der Waals surface area contributed by atoms with Gasteiger partial charge in [0.1, 0.15) is 5.60 Å².